The number of carbonyl (C=O) groups is 1. The van der Waals surface area contributed by atoms with Crippen LogP contribution in [0.2, 0.25) is 0 Å². The molecule has 0 saturated heterocycles. The first-order chi connectivity index (χ1) is 13.5. The number of ether oxygens (including phenoxy) is 1. The number of Topliss-reactive ketones (excluding diaryl/α,β-unsaturated/α-hetero) is 1. The van der Waals surface area contributed by atoms with Gasteiger partial charge in [0, 0.05) is 6.07 Å². The highest BCUT2D eigenvalue weighted by atomic mass is 19.1. The minimum Gasteiger partial charge on any atom is -0.454 e. The second-order valence-electron chi connectivity index (χ2n) is 6.02. The fourth-order valence-electron chi connectivity index (χ4n) is 2.73. The molecule has 4 aromatic heterocycles. The number of aryl methyl sites for hydroxylation is 1. The van der Waals surface area contributed by atoms with E-state index in [1.54, 1.807) is 23.6 Å². The topological polar surface area (TPSA) is 82.3 Å². The molecule has 140 valence electrons. The zero-order valence-corrected chi connectivity index (χ0v) is 14.6. The van der Waals surface area contributed by atoms with E-state index < -0.39 is 11.8 Å². The third-order valence-electron chi connectivity index (χ3n) is 3.98. The highest BCUT2D eigenvalue weighted by molar-refractivity contribution is 6.02. The fraction of sp³-hybridized carbons (Fsp3) is 0.105. The molecule has 0 atom stereocenters. The summed E-state index contributed by atoms with van der Waals surface area (Å²) in [4.78, 5) is 20.3. The van der Waals surface area contributed by atoms with E-state index in [1.165, 1.54) is 30.5 Å². The summed E-state index contributed by atoms with van der Waals surface area (Å²) in [6.45, 7) is 1.72. The van der Waals surface area contributed by atoms with E-state index in [4.69, 9.17) is 4.74 Å². The highest BCUT2D eigenvalue weighted by Gasteiger charge is 2.18. The van der Waals surface area contributed by atoms with Crippen molar-refractivity contribution < 1.29 is 18.3 Å². The molecule has 4 aromatic rings. The van der Waals surface area contributed by atoms with Crippen molar-refractivity contribution in [2.24, 2.45) is 0 Å². The second kappa shape index (κ2) is 7.10. The van der Waals surface area contributed by atoms with Crippen LogP contribution in [0.4, 0.5) is 8.78 Å². The summed E-state index contributed by atoms with van der Waals surface area (Å²) in [7, 11) is 0. The Labute approximate surface area is 157 Å². The molecule has 0 N–H and O–H groups in total. The van der Waals surface area contributed by atoms with Gasteiger partial charge in [0.1, 0.15) is 23.1 Å². The zero-order valence-electron chi connectivity index (χ0n) is 14.6. The molecule has 0 spiro atoms. The first-order valence-corrected chi connectivity index (χ1v) is 8.28. The number of halogens is 2. The Bertz CT molecular complexity index is 1190. The predicted molar refractivity (Wildman–Crippen MR) is 94.2 cm³/mol. The first kappa shape index (κ1) is 17.7. The predicted octanol–water partition coefficient (Wildman–Crippen LogP) is 3.32. The number of fused-ring (bicyclic) bond motifs is 1. The minimum atomic E-state index is -0.663. The highest BCUT2D eigenvalue weighted by Crippen LogP contribution is 2.25. The van der Waals surface area contributed by atoms with E-state index in [9.17, 15) is 13.6 Å². The minimum absolute atomic E-state index is 0.121. The standard InChI is InChI=1S/C19H13F2N5O2/c1-11-24-25-19-16(17(27)6-13-3-2-4-18(21)23-13)7-15(10-26(11)19)28-14-5-12(20)8-22-9-14/h2-5,7-10H,6H2,1H3. The molecule has 28 heavy (non-hydrogen) atoms. The van der Waals surface area contributed by atoms with E-state index in [2.05, 4.69) is 20.2 Å². The summed E-state index contributed by atoms with van der Waals surface area (Å²) in [5, 5.41) is 8.01. The largest absolute Gasteiger partial charge is 0.454 e. The summed E-state index contributed by atoms with van der Waals surface area (Å²) in [6, 6.07) is 6.91. The van der Waals surface area contributed by atoms with Gasteiger partial charge < -0.3 is 4.74 Å². The lowest BCUT2D eigenvalue weighted by atomic mass is 10.1. The van der Waals surface area contributed by atoms with E-state index >= 15 is 0 Å². The Morgan fingerprint density at radius 3 is 2.79 bits per heavy atom. The average molecular weight is 381 g/mol. The van der Waals surface area contributed by atoms with Crippen molar-refractivity contribution in [3.8, 4) is 11.5 Å². The maximum absolute atomic E-state index is 13.4. The van der Waals surface area contributed by atoms with Gasteiger partial charge in [-0.1, -0.05) is 6.07 Å². The van der Waals surface area contributed by atoms with Gasteiger partial charge in [0.2, 0.25) is 5.95 Å². The molecule has 0 unspecified atom stereocenters. The van der Waals surface area contributed by atoms with E-state index in [0.717, 1.165) is 6.20 Å². The molecule has 0 aliphatic carbocycles. The van der Waals surface area contributed by atoms with Gasteiger partial charge >= 0.3 is 0 Å². The van der Waals surface area contributed by atoms with Crippen LogP contribution in [0.1, 0.15) is 21.9 Å². The molecule has 0 radical (unpaired) electrons. The number of carbonyl (C=O) groups excluding carboxylic acids is 1. The van der Waals surface area contributed by atoms with Crippen LogP contribution in [0.25, 0.3) is 5.65 Å². The Hall–Kier alpha value is -3.75. The van der Waals surface area contributed by atoms with Crippen molar-refractivity contribution in [2.75, 3.05) is 0 Å². The molecule has 0 amide bonds. The third kappa shape index (κ3) is 3.54. The Morgan fingerprint density at radius 2 is 2.00 bits per heavy atom. The van der Waals surface area contributed by atoms with E-state index in [0.29, 0.717) is 17.2 Å². The molecule has 0 aliphatic heterocycles. The lowest BCUT2D eigenvalue weighted by molar-refractivity contribution is 0.0992. The lowest BCUT2D eigenvalue weighted by Crippen LogP contribution is -2.08. The molecular formula is C19H13F2N5O2. The number of hydrogen-bond acceptors (Lipinski definition) is 6. The maximum atomic E-state index is 13.4. The van der Waals surface area contributed by atoms with Crippen molar-refractivity contribution in [2.45, 2.75) is 13.3 Å². The molecule has 0 aromatic carbocycles. The molecular weight excluding hydrogens is 368 g/mol. The summed E-state index contributed by atoms with van der Waals surface area (Å²) in [5.74, 6) is -0.556. The summed E-state index contributed by atoms with van der Waals surface area (Å²) in [5.41, 5.74) is 0.859. The van der Waals surface area contributed by atoms with Crippen LogP contribution in [0.15, 0.2) is 48.9 Å². The van der Waals surface area contributed by atoms with Crippen molar-refractivity contribution in [1.82, 2.24) is 24.6 Å². The third-order valence-corrected chi connectivity index (χ3v) is 3.98. The van der Waals surface area contributed by atoms with Gasteiger partial charge in [0.25, 0.3) is 0 Å². The Balaban J connectivity index is 1.73. The number of rotatable bonds is 5. The van der Waals surface area contributed by atoms with Crippen LogP contribution >= 0.6 is 0 Å². The van der Waals surface area contributed by atoms with Gasteiger partial charge in [0.15, 0.2) is 11.4 Å². The fourth-order valence-corrected chi connectivity index (χ4v) is 2.73. The van der Waals surface area contributed by atoms with Crippen LogP contribution in [0.5, 0.6) is 11.5 Å². The van der Waals surface area contributed by atoms with Gasteiger partial charge in [-0.15, -0.1) is 10.2 Å². The van der Waals surface area contributed by atoms with Gasteiger partial charge in [-0.25, -0.2) is 9.37 Å². The quantitative estimate of drug-likeness (QED) is 0.390. The average Bonchev–Trinajstić information content (AvgIpc) is 3.02. The van der Waals surface area contributed by atoms with Crippen LogP contribution in [0, 0.1) is 18.7 Å². The number of nitrogens with zero attached hydrogens (tertiary/aromatic N) is 5. The lowest BCUT2D eigenvalue weighted by Gasteiger charge is -2.09. The van der Waals surface area contributed by atoms with Gasteiger partial charge in [-0.3, -0.25) is 14.2 Å². The van der Waals surface area contributed by atoms with Gasteiger partial charge in [-0.05, 0) is 25.1 Å². The van der Waals surface area contributed by atoms with Crippen molar-refractivity contribution >= 4 is 11.4 Å². The molecule has 4 heterocycles. The van der Waals surface area contributed by atoms with Crippen LogP contribution in [-0.2, 0) is 6.42 Å². The molecule has 0 fully saturated rings. The first-order valence-electron chi connectivity index (χ1n) is 8.28. The Morgan fingerprint density at radius 1 is 1.14 bits per heavy atom. The molecule has 9 heteroatoms. The zero-order chi connectivity index (χ0) is 19.7. The van der Waals surface area contributed by atoms with E-state index in [1.807, 2.05) is 0 Å². The van der Waals surface area contributed by atoms with Crippen molar-refractivity contribution in [3.63, 3.8) is 0 Å². The summed E-state index contributed by atoms with van der Waals surface area (Å²) >= 11 is 0. The molecule has 0 bridgehead atoms. The van der Waals surface area contributed by atoms with Gasteiger partial charge in [-0.2, -0.15) is 4.39 Å². The van der Waals surface area contributed by atoms with E-state index in [-0.39, 0.29) is 29.3 Å². The van der Waals surface area contributed by atoms with Gasteiger partial charge in [0.05, 0.1) is 36.3 Å². The van der Waals surface area contributed by atoms with Crippen LogP contribution in [0.3, 0.4) is 0 Å². The summed E-state index contributed by atoms with van der Waals surface area (Å²) < 4.78 is 33.9. The summed E-state index contributed by atoms with van der Waals surface area (Å²) in [6.07, 6.45) is 3.88. The van der Waals surface area contributed by atoms with Crippen molar-refractivity contribution in [3.05, 3.63) is 77.8 Å². The van der Waals surface area contributed by atoms with Crippen LogP contribution < -0.4 is 4.74 Å². The Kier molecular flexibility index (Phi) is 4.48. The van der Waals surface area contributed by atoms with Crippen LogP contribution in [-0.4, -0.2) is 30.3 Å². The van der Waals surface area contributed by atoms with Crippen molar-refractivity contribution in [1.29, 1.82) is 0 Å². The monoisotopic (exact) mass is 381 g/mol. The smallest absolute Gasteiger partial charge is 0.213 e. The number of pyridine rings is 3. The molecule has 7 nitrogen and oxygen atoms in total. The molecule has 0 saturated carbocycles. The number of hydrogen-bond donors (Lipinski definition) is 0. The molecule has 4 rings (SSSR count). The number of aromatic nitrogens is 5. The maximum Gasteiger partial charge on any atom is 0.213 e. The SMILES string of the molecule is Cc1nnc2c(C(=O)Cc3cccc(F)n3)cc(Oc3cncc(F)c3)cn12. The number of ketones is 1. The normalized spacial score (nSPS) is 11.0. The second-order valence-corrected chi connectivity index (χ2v) is 6.02. The molecule has 0 aliphatic rings.